The molecule has 0 aromatic carbocycles. The van der Waals surface area contributed by atoms with Crippen LogP contribution in [0.3, 0.4) is 0 Å². The molecule has 1 saturated carbocycles. The Labute approximate surface area is 172 Å². The number of fused-ring (bicyclic) bond motifs is 1. The van der Waals surface area contributed by atoms with Crippen LogP contribution in [0, 0.1) is 19.8 Å². The first kappa shape index (κ1) is 20.9. The van der Waals surface area contributed by atoms with Gasteiger partial charge in [-0.15, -0.1) is 23.1 Å². The molecule has 0 bridgehead atoms. The summed E-state index contributed by atoms with van der Waals surface area (Å²) in [6, 6.07) is -0.297. The number of carbonyl (C=O) groups excluding carboxylic acids is 2. The third-order valence-electron chi connectivity index (χ3n) is 5.24. The summed E-state index contributed by atoms with van der Waals surface area (Å²) in [7, 11) is 0. The van der Waals surface area contributed by atoms with Gasteiger partial charge in [-0.2, -0.15) is 0 Å². The van der Waals surface area contributed by atoms with Crippen molar-refractivity contribution < 1.29 is 9.59 Å². The van der Waals surface area contributed by atoms with Gasteiger partial charge in [0.05, 0.1) is 16.9 Å². The predicted octanol–water partition coefficient (Wildman–Crippen LogP) is 3.24. The van der Waals surface area contributed by atoms with E-state index >= 15 is 0 Å². The number of imide groups is 1. The van der Waals surface area contributed by atoms with E-state index in [2.05, 4.69) is 27.5 Å². The molecule has 9 heteroatoms. The Bertz CT molecular complexity index is 937. The molecule has 1 aliphatic rings. The summed E-state index contributed by atoms with van der Waals surface area (Å²) < 4.78 is 0. The highest BCUT2D eigenvalue weighted by molar-refractivity contribution is 7.99. The molecule has 0 spiro atoms. The number of urea groups is 1. The summed E-state index contributed by atoms with van der Waals surface area (Å²) in [5, 5.41) is 5.93. The van der Waals surface area contributed by atoms with E-state index in [9.17, 15) is 14.4 Å². The van der Waals surface area contributed by atoms with Crippen LogP contribution in [0.1, 0.15) is 48.9 Å². The highest BCUT2D eigenvalue weighted by Crippen LogP contribution is 2.26. The molecular weight excluding hydrogens is 396 g/mol. The van der Waals surface area contributed by atoms with Crippen LogP contribution in [0.25, 0.3) is 10.2 Å². The molecular formula is C19H26N4O3S2. The number of rotatable bonds is 5. The fourth-order valence-electron chi connectivity index (χ4n) is 3.51. The molecule has 3 N–H and O–H groups in total. The number of thiophene rings is 1. The van der Waals surface area contributed by atoms with Crippen molar-refractivity contribution in [3.63, 3.8) is 0 Å². The molecule has 2 aromatic rings. The normalized spacial score (nSPS) is 19.5. The average Bonchev–Trinajstić information content (AvgIpc) is 2.91. The molecule has 0 aliphatic heterocycles. The summed E-state index contributed by atoms with van der Waals surface area (Å²) in [5.74, 6) is 1.15. The van der Waals surface area contributed by atoms with E-state index in [4.69, 9.17) is 0 Å². The maximum atomic E-state index is 12.3. The molecule has 0 unspecified atom stereocenters. The monoisotopic (exact) mass is 422 g/mol. The Balaban J connectivity index is 1.48. The third-order valence-corrected chi connectivity index (χ3v) is 7.29. The van der Waals surface area contributed by atoms with Gasteiger partial charge < -0.3 is 10.3 Å². The van der Waals surface area contributed by atoms with Gasteiger partial charge in [0.15, 0.2) is 0 Å². The fraction of sp³-hybridized carbons (Fsp3) is 0.579. The average molecular weight is 423 g/mol. The molecule has 3 amide bonds. The summed E-state index contributed by atoms with van der Waals surface area (Å²) in [4.78, 5) is 45.4. The number of aromatic amines is 1. The molecule has 3 rings (SSSR count). The molecule has 28 heavy (non-hydrogen) atoms. The quantitative estimate of drug-likeness (QED) is 0.686. The van der Waals surface area contributed by atoms with E-state index in [1.54, 1.807) is 0 Å². The van der Waals surface area contributed by atoms with Crippen molar-refractivity contribution in [1.82, 2.24) is 20.6 Å². The molecule has 0 radical (unpaired) electrons. The Hall–Kier alpha value is -1.87. The number of hydrogen-bond donors (Lipinski definition) is 3. The lowest BCUT2D eigenvalue weighted by atomic mass is 9.86. The van der Waals surface area contributed by atoms with Crippen LogP contribution in [0.2, 0.25) is 0 Å². The first-order valence-electron chi connectivity index (χ1n) is 9.52. The Morgan fingerprint density at radius 3 is 2.79 bits per heavy atom. The number of nitrogens with one attached hydrogen (secondary N) is 3. The number of thioether (sulfide) groups is 1. The molecule has 1 fully saturated rings. The van der Waals surface area contributed by atoms with E-state index in [1.165, 1.54) is 29.5 Å². The molecule has 7 nitrogen and oxygen atoms in total. The molecule has 152 valence electrons. The van der Waals surface area contributed by atoms with Gasteiger partial charge in [0.1, 0.15) is 10.7 Å². The number of carbonyl (C=O) groups is 2. The van der Waals surface area contributed by atoms with Gasteiger partial charge in [-0.05, 0) is 38.2 Å². The van der Waals surface area contributed by atoms with Crippen LogP contribution in [0.4, 0.5) is 4.79 Å². The smallest absolute Gasteiger partial charge is 0.321 e. The van der Waals surface area contributed by atoms with Crippen LogP contribution in [0.5, 0.6) is 0 Å². The second kappa shape index (κ2) is 9.09. The maximum absolute atomic E-state index is 12.3. The van der Waals surface area contributed by atoms with Gasteiger partial charge in [0.2, 0.25) is 5.91 Å². The van der Waals surface area contributed by atoms with Crippen molar-refractivity contribution in [3.05, 3.63) is 26.6 Å². The van der Waals surface area contributed by atoms with Crippen molar-refractivity contribution >= 4 is 45.3 Å². The van der Waals surface area contributed by atoms with Crippen molar-refractivity contribution in [1.29, 1.82) is 0 Å². The number of amides is 3. The SMILES string of the molecule is Cc1sc2nc(CSCC(=O)NC(=O)N[C@H]3CCCC[C@@H]3C)[nH]c(=O)c2c1C. The van der Waals surface area contributed by atoms with Crippen LogP contribution >= 0.6 is 23.1 Å². The van der Waals surface area contributed by atoms with Crippen molar-refractivity contribution in [2.45, 2.75) is 58.2 Å². The van der Waals surface area contributed by atoms with Crippen LogP contribution in [-0.4, -0.2) is 33.7 Å². The molecule has 2 atom stereocenters. The van der Waals surface area contributed by atoms with Crippen molar-refractivity contribution in [3.8, 4) is 0 Å². The summed E-state index contributed by atoms with van der Waals surface area (Å²) >= 11 is 2.81. The van der Waals surface area contributed by atoms with Gasteiger partial charge in [-0.3, -0.25) is 14.9 Å². The van der Waals surface area contributed by atoms with Gasteiger partial charge in [-0.1, -0.05) is 19.8 Å². The minimum atomic E-state index is -0.429. The zero-order chi connectivity index (χ0) is 20.3. The number of nitrogens with zero attached hydrogens (tertiary/aromatic N) is 1. The van der Waals surface area contributed by atoms with Gasteiger partial charge in [0, 0.05) is 10.9 Å². The van der Waals surface area contributed by atoms with E-state index in [0.29, 0.717) is 22.9 Å². The number of aromatic nitrogens is 2. The molecule has 1 aliphatic carbocycles. The first-order chi connectivity index (χ1) is 13.3. The van der Waals surface area contributed by atoms with Gasteiger partial charge in [-0.25, -0.2) is 9.78 Å². The number of aryl methyl sites for hydroxylation is 2. The van der Waals surface area contributed by atoms with Crippen LogP contribution in [0.15, 0.2) is 4.79 Å². The second-order valence-corrected chi connectivity index (χ2v) is 9.55. The lowest BCUT2D eigenvalue weighted by molar-refractivity contribution is -0.117. The second-order valence-electron chi connectivity index (χ2n) is 7.36. The predicted molar refractivity (Wildman–Crippen MR) is 114 cm³/mol. The topological polar surface area (TPSA) is 104 Å². The third kappa shape index (κ3) is 4.94. The molecule has 2 heterocycles. The maximum Gasteiger partial charge on any atom is 0.321 e. The van der Waals surface area contributed by atoms with Crippen molar-refractivity contribution in [2.24, 2.45) is 5.92 Å². The first-order valence-corrected chi connectivity index (χ1v) is 11.5. The van der Waals surface area contributed by atoms with E-state index < -0.39 is 6.03 Å². The lowest BCUT2D eigenvalue weighted by Gasteiger charge is -2.29. The Kier molecular flexibility index (Phi) is 6.77. The van der Waals surface area contributed by atoms with E-state index in [0.717, 1.165) is 34.5 Å². The van der Waals surface area contributed by atoms with E-state index in [1.807, 2.05) is 13.8 Å². The lowest BCUT2D eigenvalue weighted by Crippen LogP contribution is -2.48. The van der Waals surface area contributed by atoms with Crippen molar-refractivity contribution in [2.75, 3.05) is 5.75 Å². The molecule has 0 saturated heterocycles. The van der Waals surface area contributed by atoms with Crippen LogP contribution < -0.4 is 16.2 Å². The highest BCUT2D eigenvalue weighted by Gasteiger charge is 2.23. The molecule has 2 aromatic heterocycles. The standard InChI is InChI=1S/C19H26N4O3S2/c1-10-6-4-5-7-13(10)20-19(26)23-15(24)9-27-8-14-21-17(25)16-11(2)12(3)28-18(16)22-14/h10,13H,4-9H2,1-3H3,(H,21,22,25)(H2,20,23,24,26)/t10-,13-/m0/s1. The van der Waals surface area contributed by atoms with Gasteiger partial charge >= 0.3 is 6.03 Å². The fourth-order valence-corrected chi connectivity index (χ4v) is 5.24. The van der Waals surface area contributed by atoms with Crippen LogP contribution in [-0.2, 0) is 10.5 Å². The van der Waals surface area contributed by atoms with E-state index in [-0.39, 0.29) is 23.3 Å². The largest absolute Gasteiger partial charge is 0.335 e. The minimum absolute atomic E-state index is 0.123. The highest BCUT2D eigenvalue weighted by atomic mass is 32.2. The Morgan fingerprint density at radius 1 is 1.29 bits per heavy atom. The summed E-state index contributed by atoms with van der Waals surface area (Å²) in [6.07, 6.45) is 4.37. The minimum Gasteiger partial charge on any atom is -0.335 e. The number of hydrogen-bond acceptors (Lipinski definition) is 6. The Morgan fingerprint density at radius 2 is 2.04 bits per heavy atom. The number of H-pyrrole nitrogens is 1. The van der Waals surface area contributed by atoms with Gasteiger partial charge in [0.25, 0.3) is 5.56 Å². The summed E-state index contributed by atoms with van der Waals surface area (Å²) in [6.45, 7) is 6.02. The zero-order valence-corrected chi connectivity index (χ0v) is 18.0. The zero-order valence-electron chi connectivity index (χ0n) is 16.4. The summed E-state index contributed by atoms with van der Waals surface area (Å²) in [5.41, 5.74) is 0.818.